The molecule has 2 aromatic rings. The SMILES string of the molecule is CN(Cc1ccccc1)C(=O)C1CCN(C2CCN(C(=O)c3cccc([N+](=O)[O-])c3)CC2)CC1. The van der Waals surface area contributed by atoms with Crippen LogP contribution in [0.3, 0.4) is 0 Å². The van der Waals surface area contributed by atoms with Crippen molar-refractivity contribution >= 4 is 17.5 Å². The first-order valence-electron chi connectivity index (χ1n) is 12.0. The third kappa shape index (κ3) is 5.62. The zero-order valence-electron chi connectivity index (χ0n) is 19.6. The molecule has 0 radical (unpaired) electrons. The molecule has 0 aromatic heterocycles. The van der Waals surface area contributed by atoms with Crippen LogP contribution in [0.5, 0.6) is 0 Å². The normalized spacial score (nSPS) is 18.0. The molecule has 0 atom stereocenters. The molecular weight excluding hydrogens is 432 g/mol. The molecule has 2 saturated heterocycles. The lowest BCUT2D eigenvalue weighted by atomic mass is 9.92. The van der Waals surface area contributed by atoms with Crippen LogP contribution in [0.25, 0.3) is 0 Å². The van der Waals surface area contributed by atoms with Crippen LogP contribution < -0.4 is 0 Å². The van der Waals surface area contributed by atoms with Crippen molar-refractivity contribution < 1.29 is 14.5 Å². The Kier molecular flexibility index (Phi) is 7.57. The number of nitrogens with zero attached hydrogens (tertiary/aromatic N) is 4. The molecule has 34 heavy (non-hydrogen) atoms. The Morgan fingerprint density at radius 2 is 1.65 bits per heavy atom. The topological polar surface area (TPSA) is 87.0 Å². The summed E-state index contributed by atoms with van der Waals surface area (Å²) in [6.07, 6.45) is 3.50. The maximum atomic E-state index is 12.9. The fourth-order valence-electron chi connectivity index (χ4n) is 5.13. The predicted octanol–water partition coefficient (Wildman–Crippen LogP) is 3.57. The van der Waals surface area contributed by atoms with Gasteiger partial charge in [0.15, 0.2) is 0 Å². The van der Waals surface area contributed by atoms with Crippen molar-refractivity contribution in [1.29, 1.82) is 0 Å². The third-order valence-electron chi connectivity index (χ3n) is 7.09. The number of carbonyl (C=O) groups is 2. The van der Waals surface area contributed by atoms with Crippen LogP contribution in [0.2, 0.25) is 0 Å². The molecule has 2 heterocycles. The number of non-ortho nitro benzene ring substituents is 1. The number of amides is 2. The van der Waals surface area contributed by atoms with E-state index in [1.807, 2.05) is 42.3 Å². The third-order valence-corrected chi connectivity index (χ3v) is 7.09. The summed E-state index contributed by atoms with van der Waals surface area (Å²) in [5.74, 6) is 0.147. The zero-order chi connectivity index (χ0) is 24.1. The summed E-state index contributed by atoms with van der Waals surface area (Å²) in [4.78, 5) is 42.4. The molecule has 0 bridgehead atoms. The van der Waals surface area contributed by atoms with Gasteiger partial charge in [-0.15, -0.1) is 0 Å². The maximum absolute atomic E-state index is 12.9. The van der Waals surface area contributed by atoms with Gasteiger partial charge in [0.25, 0.3) is 11.6 Å². The Labute approximate surface area is 200 Å². The second-order valence-electron chi connectivity index (χ2n) is 9.32. The average molecular weight is 465 g/mol. The number of nitro benzene ring substituents is 1. The number of hydrogen-bond acceptors (Lipinski definition) is 5. The molecule has 2 amide bonds. The first-order chi connectivity index (χ1) is 16.4. The Balaban J connectivity index is 1.24. The van der Waals surface area contributed by atoms with E-state index in [2.05, 4.69) is 4.90 Å². The highest BCUT2D eigenvalue weighted by Crippen LogP contribution is 2.26. The average Bonchev–Trinajstić information content (AvgIpc) is 2.88. The molecule has 0 aliphatic carbocycles. The van der Waals surface area contributed by atoms with Crippen molar-refractivity contribution in [3.8, 4) is 0 Å². The summed E-state index contributed by atoms with van der Waals surface area (Å²) >= 11 is 0. The first-order valence-corrected chi connectivity index (χ1v) is 12.0. The van der Waals surface area contributed by atoms with Crippen molar-refractivity contribution in [3.05, 3.63) is 75.8 Å². The molecule has 2 aliphatic rings. The van der Waals surface area contributed by atoms with Crippen molar-refractivity contribution in [2.75, 3.05) is 33.2 Å². The second-order valence-corrected chi connectivity index (χ2v) is 9.32. The van der Waals surface area contributed by atoms with Crippen LogP contribution in [0.1, 0.15) is 41.6 Å². The first kappa shape index (κ1) is 23.9. The maximum Gasteiger partial charge on any atom is 0.270 e. The van der Waals surface area contributed by atoms with Gasteiger partial charge in [-0.25, -0.2) is 0 Å². The summed E-state index contributed by atoms with van der Waals surface area (Å²) in [5.41, 5.74) is 1.45. The van der Waals surface area contributed by atoms with E-state index in [0.717, 1.165) is 44.3 Å². The molecule has 0 saturated carbocycles. The minimum atomic E-state index is -0.475. The van der Waals surface area contributed by atoms with Gasteiger partial charge in [0, 0.05) is 56.3 Å². The van der Waals surface area contributed by atoms with Gasteiger partial charge in [-0.3, -0.25) is 19.7 Å². The molecule has 0 unspecified atom stereocenters. The lowest BCUT2D eigenvalue weighted by Crippen LogP contribution is -2.50. The quantitative estimate of drug-likeness (QED) is 0.482. The van der Waals surface area contributed by atoms with E-state index >= 15 is 0 Å². The van der Waals surface area contributed by atoms with Crippen LogP contribution in [-0.2, 0) is 11.3 Å². The van der Waals surface area contributed by atoms with Gasteiger partial charge in [0.05, 0.1) is 4.92 Å². The molecule has 0 spiro atoms. The smallest absolute Gasteiger partial charge is 0.270 e. The van der Waals surface area contributed by atoms with E-state index in [-0.39, 0.29) is 23.4 Å². The van der Waals surface area contributed by atoms with E-state index in [4.69, 9.17) is 0 Å². The fraction of sp³-hybridized carbons (Fsp3) is 0.462. The highest BCUT2D eigenvalue weighted by atomic mass is 16.6. The number of rotatable bonds is 6. The minimum Gasteiger partial charge on any atom is -0.341 e. The summed E-state index contributed by atoms with van der Waals surface area (Å²) in [6, 6.07) is 16.4. The van der Waals surface area contributed by atoms with Crippen LogP contribution >= 0.6 is 0 Å². The van der Waals surface area contributed by atoms with E-state index in [1.165, 1.54) is 12.1 Å². The molecule has 8 heteroatoms. The van der Waals surface area contributed by atoms with Gasteiger partial charge >= 0.3 is 0 Å². The van der Waals surface area contributed by atoms with E-state index < -0.39 is 4.92 Å². The number of carbonyl (C=O) groups excluding carboxylic acids is 2. The Morgan fingerprint density at radius 3 is 2.29 bits per heavy atom. The lowest BCUT2D eigenvalue weighted by Gasteiger charge is -2.42. The van der Waals surface area contributed by atoms with Crippen LogP contribution in [0, 0.1) is 16.0 Å². The molecule has 2 aromatic carbocycles. The fourth-order valence-corrected chi connectivity index (χ4v) is 5.13. The highest BCUT2D eigenvalue weighted by Gasteiger charge is 2.33. The monoisotopic (exact) mass is 464 g/mol. The summed E-state index contributed by atoms with van der Waals surface area (Å²) in [6.45, 7) is 3.73. The molecule has 2 fully saturated rings. The Hall–Kier alpha value is -3.26. The van der Waals surface area contributed by atoms with Gasteiger partial charge in [-0.1, -0.05) is 36.4 Å². The van der Waals surface area contributed by atoms with Gasteiger partial charge < -0.3 is 14.7 Å². The van der Waals surface area contributed by atoms with Crippen molar-refractivity contribution in [2.24, 2.45) is 5.92 Å². The summed E-state index contributed by atoms with van der Waals surface area (Å²) < 4.78 is 0. The van der Waals surface area contributed by atoms with E-state index in [1.54, 1.807) is 17.0 Å². The summed E-state index contributed by atoms with van der Waals surface area (Å²) in [5, 5.41) is 11.0. The number of piperidine rings is 2. The minimum absolute atomic E-state index is 0.0624. The van der Waals surface area contributed by atoms with Crippen LogP contribution in [0.4, 0.5) is 5.69 Å². The van der Waals surface area contributed by atoms with Crippen molar-refractivity contribution in [3.63, 3.8) is 0 Å². The summed E-state index contributed by atoms with van der Waals surface area (Å²) in [7, 11) is 1.88. The van der Waals surface area contributed by atoms with E-state index in [0.29, 0.717) is 31.2 Å². The van der Waals surface area contributed by atoms with E-state index in [9.17, 15) is 19.7 Å². The van der Waals surface area contributed by atoms with Gasteiger partial charge in [0.1, 0.15) is 0 Å². The zero-order valence-corrected chi connectivity index (χ0v) is 19.6. The number of nitro groups is 1. The molecule has 0 N–H and O–H groups in total. The van der Waals surface area contributed by atoms with Crippen LogP contribution in [-0.4, -0.2) is 70.7 Å². The second kappa shape index (κ2) is 10.8. The van der Waals surface area contributed by atoms with Crippen molar-refractivity contribution in [1.82, 2.24) is 14.7 Å². The number of hydrogen-bond donors (Lipinski definition) is 0. The number of likely N-dealkylation sites (tertiary alicyclic amines) is 2. The standard InChI is InChI=1S/C26H32N4O4/c1-27(19-20-6-3-2-4-7-20)25(31)21-10-14-28(15-11-21)23-12-16-29(17-13-23)26(32)22-8-5-9-24(18-22)30(33)34/h2-9,18,21,23H,10-17,19H2,1H3. The Morgan fingerprint density at radius 1 is 0.971 bits per heavy atom. The highest BCUT2D eigenvalue weighted by molar-refractivity contribution is 5.94. The molecule has 8 nitrogen and oxygen atoms in total. The van der Waals surface area contributed by atoms with Gasteiger partial charge in [-0.2, -0.15) is 0 Å². The number of benzene rings is 2. The predicted molar refractivity (Wildman–Crippen MR) is 129 cm³/mol. The molecule has 180 valence electrons. The lowest BCUT2D eigenvalue weighted by molar-refractivity contribution is -0.384. The molecule has 2 aliphatic heterocycles. The molecular formula is C26H32N4O4. The van der Waals surface area contributed by atoms with Gasteiger partial charge in [-0.05, 0) is 50.4 Å². The molecule has 4 rings (SSSR count). The van der Waals surface area contributed by atoms with Crippen molar-refractivity contribution in [2.45, 2.75) is 38.3 Å². The largest absolute Gasteiger partial charge is 0.341 e. The van der Waals surface area contributed by atoms with Crippen LogP contribution in [0.15, 0.2) is 54.6 Å². The van der Waals surface area contributed by atoms with Gasteiger partial charge in [0.2, 0.25) is 5.91 Å². The Bertz CT molecular complexity index is 1010.